The SMILES string of the molecule is CC(C)(C)OC(=O)N1CC[C@](CCC#N)(n2nc(Nc3ccc([C@@H](O)C(F)(F)F)cc3)c3c(=O)[nH]ccc32)[C@H](F)C1. The number of hydrogen-bond donors (Lipinski definition) is 3. The van der Waals surface area contributed by atoms with Gasteiger partial charge in [0.25, 0.3) is 5.56 Å². The Kier molecular flexibility index (Phi) is 8.04. The molecule has 1 aliphatic rings. The second-order valence-corrected chi connectivity index (χ2v) is 10.9. The number of fused-ring (bicyclic) bond motifs is 1. The van der Waals surface area contributed by atoms with Crippen LogP contribution in [-0.2, 0) is 10.3 Å². The average molecular weight is 579 g/mol. The Bertz CT molecular complexity index is 1510. The van der Waals surface area contributed by atoms with E-state index in [2.05, 4.69) is 15.4 Å². The van der Waals surface area contributed by atoms with Crippen LogP contribution in [0.2, 0.25) is 0 Å². The van der Waals surface area contributed by atoms with Gasteiger partial charge in [-0.2, -0.15) is 23.5 Å². The standard InChI is InChI=1S/C27H30F4N6O4/c1-25(2,3)41-24(40)36-14-11-26(10-4-12-32,19(28)15-36)37-18-9-13-33-23(39)20(18)22(35-37)34-17-7-5-16(6-8-17)21(38)27(29,30)31/h5-9,13,19,21,38H,4,10-11,14-15H2,1-3H3,(H,33,39)(H,34,35)/t19-,21-,26+/m1/s1. The second kappa shape index (κ2) is 11.0. The predicted molar refractivity (Wildman–Crippen MR) is 141 cm³/mol. The zero-order valence-corrected chi connectivity index (χ0v) is 22.6. The Morgan fingerprint density at radius 1 is 1.29 bits per heavy atom. The molecular weight excluding hydrogens is 548 g/mol. The minimum Gasteiger partial charge on any atom is -0.444 e. The fourth-order valence-corrected chi connectivity index (χ4v) is 4.91. The van der Waals surface area contributed by atoms with Gasteiger partial charge in [0.05, 0.1) is 23.7 Å². The van der Waals surface area contributed by atoms with Crippen molar-refractivity contribution in [2.24, 2.45) is 0 Å². The largest absolute Gasteiger partial charge is 0.444 e. The lowest BCUT2D eigenvalue weighted by molar-refractivity contribution is -0.206. The summed E-state index contributed by atoms with van der Waals surface area (Å²) in [5.41, 5.74) is -2.55. The molecule has 3 heterocycles. The normalized spacial score (nSPS) is 20.5. The van der Waals surface area contributed by atoms with Crippen LogP contribution in [0.15, 0.2) is 41.3 Å². The van der Waals surface area contributed by atoms with Crippen LogP contribution in [0.5, 0.6) is 0 Å². The number of aliphatic hydroxyl groups excluding tert-OH is 1. The number of aromatic nitrogens is 3. The molecule has 10 nitrogen and oxygen atoms in total. The van der Waals surface area contributed by atoms with Gasteiger partial charge >= 0.3 is 12.3 Å². The maximum Gasteiger partial charge on any atom is 0.418 e. The first-order chi connectivity index (χ1) is 19.2. The minimum absolute atomic E-state index is 0.0177. The number of pyridine rings is 1. The van der Waals surface area contributed by atoms with Crippen LogP contribution < -0.4 is 10.9 Å². The van der Waals surface area contributed by atoms with Crippen LogP contribution in [0.3, 0.4) is 0 Å². The third-order valence-electron chi connectivity index (χ3n) is 6.92. The monoisotopic (exact) mass is 578 g/mol. The highest BCUT2D eigenvalue weighted by molar-refractivity contribution is 5.91. The number of halogens is 4. The first-order valence-electron chi connectivity index (χ1n) is 12.9. The molecule has 41 heavy (non-hydrogen) atoms. The van der Waals surface area contributed by atoms with Crippen LogP contribution in [0.1, 0.15) is 51.7 Å². The van der Waals surface area contributed by atoms with Crippen LogP contribution >= 0.6 is 0 Å². The molecule has 4 rings (SSSR count). The summed E-state index contributed by atoms with van der Waals surface area (Å²) in [6, 6.07) is 8.31. The van der Waals surface area contributed by atoms with Crippen molar-refractivity contribution in [3.05, 3.63) is 52.4 Å². The Morgan fingerprint density at radius 3 is 2.56 bits per heavy atom. The summed E-state index contributed by atoms with van der Waals surface area (Å²) in [6.07, 6.45) is -8.39. The Morgan fingerprint density at radius 2 is 1.98 bits per heavy atom. The van der Waals surface area contributed by atoms with Gasteiger partial charge in [0.2, 0.25) is 0 Å². The average Bonchev–Trinajstić information content (AvgIpc) is 3.26. The highest BCUT2D eigenvalue weighted by Gasteiger charge is 2.48. The number of nitriles is 1. The summed E-state index contributed by atoms with van der Waals surface area (Å²) >= 11 is 0. The van der Waals surface area contributed by atoms with Crippen molar-refractivity contribution in [1.29, 1.82) is 5.26 Å². The van der Waals surface area contributed by atoms with E-state index in [1.54, 1.807) is 26.8 Å². The molecule has 0 aliphatic carbocycles. The number of aliphatic hydroxyl groups is 1. The summed E-state index contributed by atoms with van der Waals surface area (Å²) in [7, 11) is 0. The summed E-state index contributed by atoms with van der Waals surface area (Å²) in [6.45, 7) is 4.89. The highest BCUT2D eigenvalue weighted by Crippen LogP contribution is 2.40. The van der Waals surface area contributed by atoms with Crippen molar-refractivity contribution in [3.63, 3.8) is 0 Å². The van der Waals surface area contributed by atoms with Gasteiger partial charge in [-0.05, 0) is 57.4 Å². The van der Waals surface area contributed by atoms with Crippen molar-refractivity contribution in [2.75, 3.05) is 18.4 Å². The number of anilines is 2. The van der Waals surface area contributed by atoms with E-state index in [9.17, 15) is 33.1 Å². The molecule has 1 fully saturated rings. The van der Waals surface area contributed by atoms with Gasteiger partial charge in [-0.1, -0.05) is 12.1 Å². The number of hydrogen-bond acceptors (Lipinski definition) is 7. The van der Waals surface area contributed by atoms with E-state index >= 15 is 4.39 Å². The molecule has 220 valence electrons. The number of rotatable bonds is 6. The van der Waals surface area contributed by atoms with Crippen LogP contribution in [-0.4, -0.2) is 61.9 Å². The second-order valence-electron chi connectivity index (χ2n) is 10.9. The number of H-pyrrole nitrogens is 1. The van der Waals surface area contributed by atoms with Gasteiger partial charge in [-0.25, -0.2) is 9.18 Å². The lowest BCUT2D eigenvalue weighted by Crippen LogP contribution is -2.57. The molecule has 3 atom stereocenters. The van der Waals surface area contributed by atoms with Crippen molar-refractivity contribution in [3.8, 4) is 6.07 Å². The van der Waals surface area contributed by atoms with Crippen LogP contribution in [0, 0.1) is 11.3 Å². The molecule has 0 saturated carbocycles. The number of piperidine rings is 1. The van der Waals surface area contributed by atoms with Crippen molar-refractivity contribution in [1.82, 2.24) is 19.7 Å². The lowest BCUT2D eigenvalue weighted by Gasteiger charge is -2.44. The Hall–Kier alpha value is -4.12. The minimum atomic E-state index is -4.84. The third-order valence-corrected chi connectivity index (χ3v) is 6.92. The Balaban J connectivity index is 1.72. The molecule has 14 heteroatoms. The quantitative estimate of drug-likeness (QED) is 0.349. The van der Waals surface area contributed by atoms with Crippen molar-refractivity contribution in [2.45, 2.75) is 69.6 Å². The van der Waals surface area contributed by atoms with E-state index in [1.165, 1.54) is 27.9 Å². The van der Waals surface area contributed by atoms with Gasteiger partial charge in [0, 0.05) is 24.8 Å². The van der Waals surface area contributed by atoms with Crippen molar-refractivity contribution >= 4 is 28.5 Å². The number of amides is 1. The van der Waals surface area contributed by atoms with Crippen LogP contribution in [0.25, 0.3) is 10.9 Å². The molecule has 3 aromatic rings. The van der Waals surface area contributed by atoms with Gasteiger partial charge in [-0.3, -0.25) is 9.48 Å². The Labute approximate surface area is 232 Å². The molecule has 0 radical (unpaired) electrons. The molecular formula is C27H30F4N6O4. The molecule has 0 spiro atoms. The maximum absolute atomic E-state index is 16.2. The summed E-state index contributed by atoms with van der Waals surface area (Å²) in [5.74, 6) is 0.0177. The smallest absolute Gasteiger partial charge is 0.418 e. The molecule has 2 aromatic heterocycles. The zero-order valence-electron chi connectivity index (χ0n) is 22.6. The van der Waals surface area contributed by atoms with Gasteiger partial charge in [0.15, 0.2) is 11.9 Å². The summed E-state index contributed by atoms with van der Waals surface area (Å²) in [4.78, 5) is 29.3. The number of benzene rings is 1. The van der Waals surface area contributed by atoms with Gasteiger partial charge < -0.3 is 25.0 Å². The first-order valence-corrected chi connectivity index (χ1v) is 12.9. The molecule has 0 unspecified atom stereocenters. The number of likely N-dealkylation sites (tertiary alicyclic amines) is 1. The first kappa shape index (κ1) is 29.9. The number of aromatic amines is 1. The van der Waals surface area contributed by atoms with E-state index in [0.29, 0.717) is 0 Å². The molecule has 3 N–H and O–H groups in total. The fourth-order valence-electron chi connectivity index (χ4n) is 4.91. The molecule has 1 saturated heterocycles. The summed E-state index contributed by atoms with van der Waals surface area (Å²) < 4.78 is 61.6. The highest BCUT2D eigenvalue weighted by atomic mass is 19.4. The number of nitrogens with zero attached hydrogens (tertiary/aromatic N) is 4. The molecule has 1 aliphatic heterocycles. The predicted octanol–water partition coefficient (Wildman–Crippen LogP) is 5.04. The fraction of sp³-hybridized carbons (Fsp3) is 0.481. The molecule has 1 amide bonds. The molecule has 0 bridgehead atoms. The molecule has 1 aromatic carbocycles. The number of nitrogens with one attached hydrogen (secondary N) is 2. The van der Waals surface area contributed by atoms with Crippen LogP contribution in [0.4, 0.5) is 33.9 Å². The number of carbonyl (C=O) groups is 1. The zero-order chi connectivity index (χ0) is 30.2. The number of ether oxygens (including phenoxy) is 1. The lowest BCUT2D eigenvalue weighted by atomic mass is 9.81. The van der Waals surface area contributed by atoms with Crippen molar-refractivity contribution < 1.29 is 32.2 Å². The van der Waals surface area contributed by atoms with E-state index in [0.717, 1.165) is 12.1 Å². The maximum atomic E-state index is 16.2. The third kappa shape index (κ3) is 6.14. The van der Waals surface area contributed by atoms with Gasteiger partial charge in [0.1, 0.15) is 17.2 Å². The van der Waals surface area contributed by atoms with E-state index in [4.69, 9.17) is 4.74 Å². The number of carbonyl (C=O) groups excluding carboxylic acids is 1. The van der Waals surface area contributed by atoms with E-state index in [-0.39, 0.29) is 60.3 Å². The summed E-state index contributed by atoms with van der Waals surface area (Å²) in [5, 5.41) is 26.4. The van der Waals surface area contributed by atoms with E-state index in [1.807, 2.05) is 6.07 Å². The van der Waals surface area contributed by atoms with E-state index < -0.39 is 41.2 Å². The topological polar surface area (TPSA) is 136 Å². The van der Waals surface area contributed by atoms with Gasteiger partial charge in [-0.15, -0.1) is 0 Å². The number of alkyl halides is 4.